The second-order valence-electron chi connectivity index (χ2n) is 6.21. The van der Waals surface area contributed by atoms with E-state index >= 15 is 0 Å². The SMILES string of the molecule is CCC(C)N(C(=O)c1ccnc(OC2CCSC2)c1)C(C)CC. The molecule has 128 valence electrons. The molecule has 1 amide bonds. The number of carbonyl (C=O) groups excluding carboxylic acids is 1. The number of thioether (sulfide) groups is 1. The Kier molecular flexibility index (Phi) is 6.75. The minimum absolute atomic E-state index is 0.0711. The zero-order valence-corrected chi connectivity index (χ0v) is 15.4. The van der Waals surface area contributed by atoms with Gasteiger partial charge in [-0.15, -0.1) is 0 Å². The van der Waals surface area contributed by atoms with Gasteiger partial charge in [0.1, 0.15) is 6.10 Å². The molecule has 0 N–H and O–H groups in total. The van der Waals surface area contributed by atoms with Crippen LogP contribution in [0.3, 0.4) is 0 Å². The molecule has 4 nitrogen and oxygen atoms in total. The van der Waals surface area contributed by atoms with Crippen molar-refractivity contribution in [1.29, 1.82) is 0 Å². The highest BCUT2D eigenvalue weighted by Crippen LogP contribution is 2.23. The Morgan fingerprint density at radius 1 is 1.39 bits per heavy atom. The maximum Gasteiger partial charge on any atom is 0.254 e. The van der Waals surface area contributed by atoms with Crippen molar-refractivity contribution in [3.63, 3.8) is 0 Å². The van der Waals surface area contributed by atoms with E-state index < -0.39 is 0 Å². The molecule has 0 spiro atoms. The predicted molar refractivity (Wildman–Crippen MR) is 96.3 cm³/mol. The first kappa shape index (κ1) is 18.1. The molecular formula is C18H28N2O2S. The number of carbonyl (C=O) groups is 1. The molecule has 5 heteroatoms. The van der Waals surface area contributed by atoms with Crippen LogP contribution >= 0.6 is 11.8 Å². The Morgan fingerprint density at radius 2 is 2.09 bits per heavy atom. The fourth-order valence-corrected chi connectivity index (χ4v) is 3.85. The van der Waals surface area contributed by atoms with Gasteiger partial charge in [-0.1, -0.05) is 13.8 Å². The Morgan fingerprint density at radius 3 is 2.65 bits per heavy atom. The van der Waals surface area contributed by atoms with Crippen molar-refractivity contribution >= 4 is 17.7 Å². The molecule has 1 aromatic heterocycles. The minimum atomic E-state index is 0.0711. The topological polar surface area (TPSA) is 42.4 Å². The molecule has 1 fully saturated rings. The van der Waals surface area contributed by atoms with Gasteiger partial charge in [0, 0.05) is 35.7 Å². The average Bonchev–Trinajstić information content (AvgIpc) is 3.07. The minimum Gasteiger partial charge on any atom is -0.473 e. The Hall–Kier alpha value is -1.23. The highest BCUT2D eigenvalue weighted by atomic mass is 32.2. The quantitative estimate of drug-likeness (QED) is 0.754. The van der Waals surface area contributed by atoms with Gasteiger partial charge in [0.15, 0.2) is 0 Å². The van der Waals surface area contributed by atoms with Crippen LogP contribution in [-0.2, 0) is 0 Å². The van der Waals surface area contributed by atoms with Gasteiger partial charge in [-0.25, -0.2) is 4.98 Å². The molecule has 3 atom stereocenters. The smallest absolute Gasteiger partial charge is 0.254 e. The van der Waals surface area contributed by atoms with Crippen molar-refractivity contribution < 1.29 is 9.53 Å². The Labute approximate surface area is 144 Å². The van der Waals surface area contributed by atoms with Crippen LogP contribution in [0.5, 0.6) is 5.88 Å². The van der Waals surface area contributed by atoms with Crippen LogP contribution in [0.1, 0.15) is 57.3 Å². The van der Waals surface area contributed by atoms with Gasteiger partial charge in [0.25, 0.3) is 5.91 Å². The van der Waals surface area contributed by atoms with Crippen molar-refractivity contribution in [3.05, 3.63) is 23.9 Å². The van der Waals surface area contributed by atoms with Gasteiger partial charge in [-0.2, -0.15) is 11.8 Å². The second-order valence-corrected chi connectivity index (χ2v) is 7.36. The lowest BCUT2D eigenvalue weighted by atomic mass is 10.1. The summed E-state index contributed by atoms with van der Waals surface area (Å²) in [6, 6.07) is 4.03. The van der Waals surface area contributed by atoms with Gasteiger partial charge in [-0.3, -0.25) is 4.79 Å². The lowest BCUT2D eigenvalue weighted by Crippen LogP contribution is -2.44. The predicted octanol–water partition coefficient (Wildman–Crippen LogP) is 4.01. The number of rotatable bonds is 7. The first-order chi connectivity index (χ1) is 11.1. The van der Waals surface area contributed by atoms with E-state index in [2.05, 4.69) is 32.7 Å². The van der Waals surface area contributed by atoms with Gasteiger partial charge < -0.3 is 9.64 Å². The third-order valence-electron chi connectivity index (χ3n) is 4.52. The van der Waals surface area contributed by atoms with E-state index in [0.717, 1.165) is 30.8 Å². The van der Waals surface area contributed by atoms with Crippen LogP contribution in [0.25, 0.3) is 0 Å². The lowest BCUT2D eigenvalue weighted by molar-refractivity contribution is 0.0597. The molecule has 1 aliphatic heterocycles. The summed E-state index contributed by atoms with van der Waals surface area (Å²) in [5.41, 5.74) is 0.668. The molecule has 0 aromatic carbocycles. The molecule has 3 unspecified atom stereocenters. The standard InChI is InChI=1S/C18H28N2O2S/c1-5-13(3)20(14(4)6-2)18(21)15-7-9-19-17(11-15)22-16-8-10-23-12-16/h7,9,11,13-14,16H,5-6,8,10,12H2,1-4H3. The number of nitrogens with zero attached hydrogens (tertiary/aromatic N) is 2. The zero-order valence-electron chi connectivity index (χ0n) is 14.6. The molecule has 23 heavy (non-hydrogen) atoms. The molecular weight excluding hydrogens is 308 g/mol. The third-order valence-corrected chi connectivity index (χ3v) is 5.65. The maximum atomic E-state index is 13.0. The lowest BCUT2D eigenvalue weighted by Gasteiger charge is -2.34. The van der Waals surface area contributed by atoms with E-state index in [1.165, 1.54) is 0 Å². The molecule has 1 aromatic rings. The van der Waals surface area contributed by atoms with E-state index in [-0.39, 0.29) is 24.1 Å². The summed E-state index contributed by atoms with van der Waals surface area (Å²) in [4.78, 5) is 19.2. The van der Waals surface area contributed by atoms with Crippen molar-refractivity contribution in [2.75, 3.05) is 11.5 Å². The van der Waals surface area contributed by atoms with E-state index in [4.69, 9.17) is 4.74 Å². The zero-order chi connectivity index (χ0) is 16.8. The Balaban J connectivity index is 2.16. The van der Waals surface area contributed by atoms with Gasteiger partial charge in [0.2, 0.25) is 5.88 Å². The monoisotopic (exact) mass is 336 g/mol. The molecule has 2 rings (SSSR count). The largest absolute Gasteiger partial charge is 0.473 e. The number of aromatic nitrogens is 1. The summed E-state index contributed by atoms with van der Waals surface area (Å²) in [5.74, 6) is 2.78. The van der Waals surface area contributed by atoms with Crippen LogP contribution in [-0.4, -0.2) is 45.5 Å². The summed E-state index contributed by atoms with van der Waals surface area (Å²) in [6.45, 7) is 8.45. The first-order valence-corrected chi connectivity index (χ1v) is 9.75. The van der Waals surface area contributed by atoms with Crippen LogP contribution in [0.15, 0.2) is 18.3 Å². The summed E-state index contributed by atoms with van der Waals surface area (Å²) >= 11 is 1.90. The molecule has 0 bridgehead atoms. The highest BCUT2D eigenvalue weighted by molar-refractivity contribution is 7.99. The molecule has 0 radical (unpaired) electrons. The van der Waals surface area contributed by atoms with E-state index in [1.807, 2.05) is 16.7 Å². The van der Waals surface area contributed by atoms with Gasteiger partial charge >= 0.3 is 0 Å². The molecule has 1 aliphatic rings. The van der Waals surface area contributed by atoms with Crippen molar-refractivity contribution in [2.45, 2.75) is 65.1 Å². The van der Waals surface area contributed by atoms with Gasteiger partial charge in [0.05, 0.1) is 0 Å². The fourth-order valence-electron chi connectivity index (χ4n) is 2.76. The van der Waals surface area contributed by atoms with Crippen LogP contribution < -0.4 is 4.74 Å². The Bertz CT molecular complexity index is 507. The molecule has 0 saturated carbocycles. The van der Waals surface area contributed by atoms with Crippen molar-refractivity contribution in [1.82, 2.24) is 9.88 Å². The van der Waals surface area contributed by atoms with Gasteiger partial charge in [-0.05, 0) is 44.9 Å². The summed E-state index contributed by atoms with van der Waals surface area (Å²) < 4.78 is 5.92. The summed E-state index contributed by atoms with van der Waals surface area (Å²) in [6.07, 6.45) is 4.85. The van der Waals surface area contributed by atoms with Crippen molar-refractivity contribution in [2.24, 2.45) is 0 Å². The van der Waals surface area contributed by atoms with E-state index in [0.29, 0.717) is 11.4 Å². The molecule has 1 saturated heterocycles. The van der Waals surface area contributed by atoms with Crippen molar-refractivity contribution in [3.8, 4) is 5.88 Å². The van der Waals surface area contributed by atoms with Crippen LogP contribution in [0.2, 0.25) is 0 Å². The first-order valence-electron chi connectivity index (χ1n) is 8.59. The van der Waals surface area contributed by atoms with E-state index in [1.54, 1.807) is 18.3 Å². The number of hydrogen-bond acceptors (Lipinski definition) is 4. The van der Waals surface area contributed by atoms with Crippen LogP contribution in [0.4, 0.5) is 0 Å². The number of amides is 1. The number of ether oxygens (including phenoxy) is 1. The average molecular weight is 337 g/mol. The number of pyridine rings is 1. The normalized spacial score (nSPS) is 20.1. The number of hydrogen-bond donors (Lipinski definition) is 0. The maximum absolute atomic E-state index is 13.0. The third kappa shape index (κ3) is 4.63. The fraction of sp³-hybridized carbons (Fsp3) is 0.667. The van der Waals surface area contributed by atoms with E-state index in [9.17, 15) is 4.79 Å². The highest BCUT2D eigenvalue weighted by Gasteiger charge is 2.25. The molecule has 2 heterocycles. The second kappa shape index (κ2) is 8.57. The van der Waals surface area contributed by atoms with Crippen LogP contribution in [0, 0.1) is 0 Å². The summed E-state index contributed by atoms with van der Waals surface area (Å²) in [7, 11) is 0. The molecule has 0 aliphatic carbocycles. The summed E-state index contributed by atoms with van der Waals surface area (Å²) in [5, 5.41) is 0.